The maximum absolute atomic E-state index is 12.4. The Hall–Kier alpha value is -0.850. The molecule has 3 N–H and O–H groups in total. The highest BCUT2D eigenvalue weighted by molar-refractivity contribution is 9.11. The predicted molar refractivity (Wildman–Crippen MR) is 97.8 cm³/mol. The number of nitrogen functional groups attached to an aromatic ring is 1. The molecule has 21 heavy (non-hydrogen) atoms. The van der Waals surface area contributed by atoms with Gasteiger partial charge in [-0.2, -0.15) is 0 Å². The monoisotopic (exact) mass is 474 g/mol. The topological polar surface area (TPSA) is 55.1 Å². The van der Waals surface area contributed by atoms with E-state index in [1.807, 2.05) is 26.0 Å². The highest BCUT2D eigenvalue weighted by Crippen LogP contribution is 2.40. The minimum absolute atomic E-state index is 0.161. The van der Waals surface area contributed by atoms with E-state index < -0.39 is 0 Å². The molecule has 0 saturated heterocycles. The van der Waals surface area contributed by atoms with Gasteiger partial charge in [-0.1, -0.05) is 22.0 Å². The first kappa shape index (κ1) is 16.5. The van der Waals surface area contributed by atoms with Gasteiger partial charge in [-0.15, -0.1) is 0 Å². The first-order valence-corrected chi connectivity index (χ1v) is 8.51. The van der Waals surface area contributed by atoms with Crippen molar-refractivity contribution >= 4 is 65.1 Å². The molecule has 0 spiro atoms. The molecule has 0 saturated carbocycles. The zero-order valence-corrected chi connectivity index (χ0v) is 16.2. The Bertz CT molecular complexity index is 700. The lowest BCUT2D eigenvalue weighted by Crippen LogP contribution is -2.14. The molecule has 3 nitrogen and oxygen atoms in total. The van der Waals surface area contributed by atoms with Crippen molar-refractivity contribution in [3.05, 3.63) is 54.4 Å². The van der Waals surface area contributed by atoms with Crippen LogP contribution in [0.5, 0.6) is 0 Å². The van der Waals surface area contributed by atoms with Gasteiger partial charge in [0.1, 0.15) is 0 Å². The van der Waals surface area contributed by atoms with Gasteiger partial charge in [0.15, 0.2) is 0 Å². The quantitative estimate of drug-likeness (QED) is 0.568. The third-order valence-electron chi connectivity index (χ3n) is 3.21. The average Bonchev–Trinajstić information content (AvgIpc) is 2.47. The Kier molecular flexibility index (Phi) is 5.11. The molecule has 2 aromatic rings. The Balaban J connectivity index is 2.43. The van der Waals surface area contributed by atoms with Crippen LogP contribution in [0.4, 0.5) is 11.4 Å². The van der Waals surface area contributed by atoms with E-state index in [9.17, 15) is 4.79 Å². The summed E-state index contributed by atoms with van der Waals surface area (Å²) in [5.74, 6) is -0.161. The zero-order chi connectivity index (χ0) is 15.7. The van der Waals surface area contributed by atoms with Crippen molar-refractivity contribution in [2.24, 2.45) is 0 Å². The predicted octanol–water partition coefficient (Wildman–Crippen LogP) is 5.43. The van der Waals surface area contributed by atoms with Crippen LogP contribution in [0.3, 0.4) is 0 Å². The summed E-state index contributed by atoms with van der Waals surface area (Å²) in [6.07, 6.45) is 0. The maximum Gasteiger partial charge on any atom is 0.255 e. The summed E-state index contributed by atoms with van der Waals surface area (Å²) < 4.78 is 2.43. The molecule has 0 aliphatic rings. The molecule has 0 fully saturated rings. The molecule has 1 amide bonds. The highest BCUT2D eigenvalue weighted by Gasteiger charge is 2.17. The van der Waals surface area contributed by atoms with E-state index in [4.69, 9.17) is 5.73 Å². The number of carbonyl (C=O) groups is 1. The van der Waals surface area contributed by atoms with Crippen molar-refractivity contribution in [2.75, 3.05) is 11.1 Å². The summed E-state index contributed by atoms with van der Waals surface area (Å²) in [5, 5.41) is 2.96. The molecule has 2 aromatic carbocycles. The number of benzene rings is 2. The van der Waals surface area contributed by atoms with Crippen LogP contribution in [0.25, 0.3) is 0 Å². The summed E-state index contributed by atoms with van der Waals surface area (Å²) in [6.45, 7) is 3.83. The molecular formula is C15H13Br3N2O. The average molecular weight is 477 g/mol. The van der Waals surface area contributed by atoms with E-state index in [2.05, 4.69) is 53.1 Å². The van der Waals surface area contributed by atoms with Gasteiger partial charge in [0.25, 0.3) is 5.91 Å². The van der Waals surface area contributed by atoms with E-state index in [1.54, 1.807) is 12.1 Å². The molecule has 110 valence electrons. The van der Waals surface area contributed by atoms with E-state index in [0.717, 1.165) is 30.2 Å². The molecule has 2 rings (SSSR count). The normalized spacial score (nSPS) is 10.5. The molecule has 0 radical (unpaired) electrons. The summed E-state index contributed by atoms with van der Waals surface area (Å²) in [4.78, 5) is 12.4. The molecule has 0 heterocycles. The number of halogens is 3. The lowest BCUT2D eigenvalue weighted by atomic mass is 10.1. The second-order valence-electron chi connectivity index (χ2n) is 4.63. The summed E-state index contributed by atoms with van der Waals surface area (Å²) in [5.41, 5.74) is 9.78. The van der Waals surface area contributed by atoms with Crippen LogP contribution in [0.15, 0.2) is 37.7 Å². The van der Waals surface area contributed by atoms with Crippen molar-refractivity contribution in [3.8, 4) is 0 Å². The number of hydrogen-bond acceptors (Lipinski definition) is 2. The number of nitrogens with one attached hydrogen (secondary N) is 1. The standard InChI is InChI=1S/C15H13Br3N2O/c1-7-11(17)13(19)12(18)8(2)14(7)20-15(21)9-4-3-5-10(16)6-9/h3-6H,19H2,1-2H3,(H,20,21). The Morgan fingerprint density at radius 2 is 1.67 bits per heavy atom. The lowest BCUT2D eigenvalue weighted by Gasteiger charge is -2.17. The van der Waals surface area contributed by atoms with Crippen molar-refractivity contribution in [1.82, 2.24) is 0 Å². The lowest BCUT2D eigenvalue weighted by molar-refractivity contribution is 0.102. The number of nitrogens with two attached hydrogens (primary N) is 1. The first-order valence-electron chi connectivity index (χ1n) is 6.13. The fraction of sp³-hybridized carbons (Fsp3) is 0.133. The smallest absolute Gasteiger partial charge is 0.255 e. The van der Waals surface area contributed by atoms with E-state index >= 15 is 0 Å². The van der Waals surface area contributed by atoms with Crippen LogP contribution in [0, 0.1) is 13.8 Å². The van der Waals surface area contributed by atoms with E-state index in [1.165, 1.54) is 0 Å². The SMILES string of the molecule is Cc1c(Br)c(N)c(Br)c(C)c1NC(=O)c1cccc(Br)c1. The van der Waals surface area contributed by atoms with Crippen molar-refractivity contribution < 1.29 is 4.79 Å². The molecule has 0 atom stereocenters. The molecular weight excluding hydrogens is 464 g/mol. The Labute approximate surface area is 148 Å². The van der Waals surface area contributed by atoms with Crippen LogP contribution in [0.1, 0.15) is 21.5 Å². The third-order valence-corrected chi connectivity index (χ3v) is 5.74. The summed E-state index contributed by atoms with van der Waals surface area (Å²) >= 11 is 10.3. The third kappa shape index (κ3) is 3.33. The van der Waals surface area contributed by atoms with Gasteiger partial charge < -0.3 is 11.1 Å². The van der Waals surface area contributed by atoms with Crippen molar-refractivity contribution in [1.29, 1.82) is 0 Å². The van der Waals surface area contributed by atoms with Gasteiger partial charge in [-0.05, 0) is 75.0 Å². The number of carbonyl (C=O) groups excluding carboxylic acids is 1. The number of anilines is 2. The minimum Gasteiger partial charge on any atom is -0.397 e. The molecule has 0 bridgehead atoms. The maximum atomic E-state index is 12.4. The van der Waals surface area contributed by atoms with Gasteiger partial charge in [0.2, 0.25) is 0 Å². The molecule has 0 unspecified atom stereocenters. The van der Waals surface area contributed by atoms with Crippen LogP contribution >= 0.6 is 47.8 Å². The van der Waals surface area contributed by atoms with Crippen LogP contribution in [0.2, 0.25) is 0 Å². The number of rotatable bonds is 2. The minimum atomic E-state index is -0.161. The summed E-state index contributed by atoms with van der Waals surface area (Å²) in [7, 11) is 0. The largest absolute Gasteiger partial charge is 0.397 e. The van der Waals surface area contributed by atoms with Gasteiger partial charge in [0.05, 0.1) is 5.69 Å². The first-order chi connectivity index (χ1) is 9.82. The van der Waals surface area contributed by atoms with Crippen molar-refractivity contribution in [2.45, 2.75) is 13.8 Å². The van der Waals surface area contributed by atoms with E-state index in [0.29, 0.717) is 11.3 Å². The second kappa shape index (κ2) is 6.50. The van der Waals surface area contributed by atoms with Gasteiger partial charge >= 0.3 is 0 Å². The van der Waals surface area contributed by atoms with Crippen LogP contribution in [-0.4, -0.2) is 5.91 Å². The second-order valence-corrected chi connectivity index (χ2v) is 7.13. The van der Waals surface area contributed by atoms with Gasteiger partial charge in [-0.25, -0.2) is 0 Å². The number of amides is 1. The zero-order valence-electron chi connectivity index (χ0n) is 11.4. The molecule has 0 aromatic heterocycles. The fourth-order valence-electron chi connectivity index (χ4n) is 2.00. The molecule has 0 aliphatic carbocycles. The molecule has 6 heteroatoms. The summed E-state index contributed by atoms with van der Waals surface area (Å²) in [6, 6.07) is 7.25. The van der Waals surface area contributed by atoms with Gasteiger partial charge in [0, 0.05) is 24.7 Å². The van der Waals surface area contributed by atoms with Crippen LogP contribution < -0.4 is 11.1 Å². The fourth-order valence-corrected chi connectivity index (χ4v) is 3.46. The van der Waals surface area contributed by atoms with Crippen molar-refractivity contribution in [3.63, 3.8) is 0 Å². The van der Waals surface area contributed by atoms with Gasteiger partial charge in [-0.3, -0.25) is 4.79 Å². The number of hydrogen-bond donors (Lipinski definition) is 2. The highest BCUT2D eigenvalue weighted by atomic mass is 79.9. The van der Waals surface area contributed by atoms with E-state index in [-0.39, 0.29) is 5.91 Å². The molecule has 0 aliphatic heterocycles. The van der Waals surface area contributed by atoms with Crippen LogP contribution in [-0.2, 0) is 0 Å². The Morgan fingerprint density at radius 1 is 1.10 bits per heavy atom. The Morgan fingerprint density at radius 3 is 2.19 bits per heavy atom.